The summed E-state index contributed by atoms with van der Waals surface area (Å²) in [6.07, 6.45) is -7.90. The van der Waals surface area contributed by atoms with Gasteiger partial charge in [0.05, 0.1) is 7.11 Å². The molecule has 1 unspecified atom stereocenters. The van der Waals surface area contributed by atoms with E-state index in [4.69, 9.17) is 9.84 Å². The number of ether oxygens (including phenoxy) is 1. The highest BCUT2D eigenvalue weighted by molar-refractivity contribution is 5.39. The largest absolute Gasteiger partial charge is 0.508 e. The number of aliphatic hydroxyl groups excluding tert-OH is 1. The molecule has 16 heavy (non-hydrogen) atoms. The Hall–Kier alpha value is -1.43. The molecule has 0 fully saturated rings. The lowest BCUT2D eigenvalue weighted by Crippen LogP contribution is -2.30. The first kappa shape index (κ1) is 12.6. The Kier molecular flexibility index (Phi) is 3.64. The van der Waals surface area contributed by atoms with Crippen LogP contribution in [0.3, 0.4) is 0 Å². The van der Waals surface area contributed by atoms with Gasteiger partial charge in [-0.15, -0.1) is 0 Å². The lowest BCUT2D eigenvalue weighted by Gasteiger charge is -2.15. The second-order valence-electron chi connectivity index (χ2n) is 3.26. The summed E-state index contributed by atoms with van der Waals surface area (Å²) in [5, 5.41) is 18.2. The molecule has 2 N–H and O–H groups in total. The summed E-state index contributed by atoms with van der Waals surface area (Å²) in [5.41, 5.74) is -0.0100. The molecule has 1 atom stereocenters. The molecule has 0 spiro atoms. The molecule has 6 heteroatoms. The summed E-state index contributed by atoms with van der Waals surface area (Å²) >= 11 is 0. The minimum Gasteiger partial charge on any atom is -0.508 e. The van der Waals surface area contributed by atoms with E-state index >= 15 is 0 Å². The first-order valence-electron chi connectivity index (χ1n) is 4.45. The molecule has 0 bridgehead atoms. The van der Waals surface area contributed by atoms with E-state index in [-0.39, 0.29) is 11.3 Å². The highest BCUT2D eigenvalue weighted by Gasteiger charge is 2.38. The Balaban J connectivity index is 2.88. The van der Waals surface area contributed by atoms with Gasteiger partial charge >= 0.3 is 6.18 Å². The average Bonchev–Trinajstić information content (AvgIpc) is 2.19. The van der Waals surface area contributed by atoms with Crippen molar-refractivity contribution in [3.63, 3.8) is 0 Å². The van der Waals surface area contributed by atoms with Gasteiger partial charge in [-0.05, 0) is 18.2 Å². The predicted octanol–water partition coefficient (Wildman–Crippen LogP) is 1.87. The molecule has 1 aromatic carbocycles. The highest BCUT2D eigenvalue weighted by atomic mass is 19.4. The van der Waals surface area contributed by atoms with Gasteiger partial charge in [0.15, 0.2) is 6.10 Å². The van der Waals surface area contributed by atoms with Crippen molar-refractivity contribution in [1.82, 2.24) is 0 Å². The summed E-state index contributed by atoms with van der Waals surface area (Å²) in [7, 11) is 1.36. The zero-order valence-electron chi connectivity index (χ0n) is 8.45. The molecule has 1 rings (SSSR count). The van der Waals surface area contributed by atoms with Crippen LogP contribution in [0.2, 0.25) is 0 Å². The molecule has 0 aliphatic heterocycles. The van der Waals surface area contributed by atoms with Crippen LogP contribution in [-0.2, 0) is 6.42 Å². The molecular weight excluding hydrogens is 225 g/mol. The Labute approximate surface area is 90.1 Å². The maximum absolute atomic E-state index is 12.1. The first-order chi connectivity index (χ1) is 7.34. The van der Waals surface area contributed by atoms with Crippen LogP contribution in [0.25, 0.3) is 0 Å². The van der Waals surface area contributed by atoms with Crippen molar-refractivity contribution in [3.8, 4) is 11.5 Å². The Bertz CT molecular complexity index is 363. The molecule has 0 aliphatic carbocycles. The van der Waals surface area contributed by atoms with Crippen molar-refractivity contribution in [2.45, 2.75) is 18.7 Å². The van der Waals surface area contributed by atoms with Crippen molar-refractivity contribution in [1.29, 1.82) is 0 Å². The van der Waals surface area contributed by atoms with Crippen molar-refractivity contribution in [2.24, 2.45) is 0 Å². The number of hydrogen-bond acceptors (Lipinski definition) is 3. The first-order valence-corrected chi connectivity index (χ1v) is 4.45. The third kappa shape index (κ3) is 3.03. The average molecular weight is 236 g/mol. The summed E-state index contributed by atoms with van der Waals surface area (Å²) in [6, 6.07) is 3.89. The number of methoxy groups -OCH3 is 1. The lowest BCUT2D eigenvalue weighted by molar-refractivity contribution is -0.203. The number of rotatable bonds is 3. The summed E-state index contributed by atoms with van der Waals surface area (Å²) < 4.78 is 41.1. The zero-order valence-corrected chi connectivity index (χ0v) is 8.45. The van der Waals surface area contributed by atoms with Crippen LogP contribution in [0.15, 0.2) is 18.2 Å². The molecule has 0 radical (unpaired) electrons. The van der Waals surface area contributed by atoms with E-state index in [1.54, 1.807) is 0 Å². The molecule has 0 amide bonds. The van der Waals surface area contributed by atoms with Gasteiger partial charge in [0.2, 0.25) is 0 Å². The number of alkyl halides is 3. The zero-order chi connectivity index (χ0) is 12.3. The van der Waals surface area contributed by atoms with Gasteiger partial charge in [-0.2, -0.15) is 13.2 Å². The van der Waals surface area contributed by atoms with Crippen molar-refractivity contribution >= 4 is 0 Å². The Morgan fingerprint density at radius 3 is 2.50 bits per heavy atom. The van der Waals surface area contributed by atoms with Crippen LogP contribution >= 0.6 is 0 Å². The topological polar surface area (TPSA) is 49.7 Å². The lowest BCUT2D eigenvalue weighted by atomic mass is 10.1. The molecule has 1 aromatic rings. The monoisotopic (exact) mass is 236 g/mol. The van der Waals surface area contributed by atoms with Gasteiger partial charge in [0.25, 0.3) is 0 Å². The SMILES string of the molecule is COc1ccc(O)c(CC(O)C(F)(F)F)c1. The number of benzene rings is 1. The smallest absolute Gasteiger partial charge is 0.414 e. The second-order valence-corrected chi connectivity index (χ2v) is 3.26. The van der Waals surface area contributed by atoms with E-state index in [0.717, 1.165) is 0 Å². The van der Waals surface area contributed by atoms with Crippen LogP contribution in [0.4, 0.5) is 13.2 Å². The standard InChI is InChI=1S/C10H11F3O3/c1-16-7-2-3-8(14)6(4-7)5-9(15)10(11,12)13/h2-4,9,14-15H,5H2,1H3. The quantitative estimate of drug-likeness (QED) is 0.842. The highest BCUT2D eigenvalue weighted by Crippen LogP contribution is 2.28. The fourth-order valence-corrected chi connectivity index (χ4v) is 1.18. The number of hydrogen-bond donors (Lipinski definition) is 2. The van der Waals surface area contributed by atoms with E-state index in [1.807, 2.05) is 0 Å². The molecule has 0 aliphatic rings. The van der Waals surface area contributed by atoms with Gasteiger partial charge < -0.3 is 14.9 Å². The number of halogens is 3. The maximum atomic E-state index is 12.1. The molecule has 0 saturated heterocycles. The Morgan fingerprint density at radius 2 is 2.00 bits per heavy atom. The fourth-order valence-electron chi connectivity index (χ4n) is 1.18. The van der Waals surface area contributed by atoms with Gasteiger partial charge in [0, 0.05) is 12.0 Å². The molecule has 0 heterocycles. The minimum absolute atomic E-state index is 0.0100. The summed E-state index contributed by atoms with van der Waals surface area (Å²) in [5.74, 6) is 0.0197. The molecule has 0 aromatic heterocycles. The molecular formula is C10H11F3O3. The van der Waals surface area contributed by atoms with Crippen LogP contribution in [0.5, 0.6) is 11.5 Å². The molecule has 3 nitrogen and oxygen atoms in total. The van der Waals surface area contributed by atoms with Crippen molar-refractivity contribution < 1.29 is 28.1 Å². The third-order valence-electron chi connectivity index (χ3n) is 2.08. The van der Waals surface area contributed by atoms with Crippen molar-refractivity contribution in [3.05, 3.63) is 23.8 Å². The Morgan fingerprint density at radius 1 is 1.38 bits per heavy atom. The van der Waals surface area contributed by atoms with E-state index in [2.05, 4.69) is 0 Å². The van der Waals surface area contributed by atoms with E-state index in [0.29, 0.717) is 5.75 Å². The van der Waals surface area contributed by atoms with Gasteiger partial charge in [-0.1, -0.05) is 0 Å². The van der Waals surface area contributed by atoms with Crippen LogP contribution < -0.4 is 4.74 Å². The van der Waals surface area contributed by atoms with E-state index < -0.39 is 18.7 Å². The second kappa shape index (κ2) is 4.61. The van der Waals surface area contributed by atoms with Gasteiger partial charge in [0.1, 0.15) is 11.5 Å². The summed E-state index contributed by atoms with van der Waals surface area (Å²) in [6.45, 7) is 0. The van der Waals surface area contributed by atoms with Crippen LogP contribution in [-0.4, -0.2) is 29.6 Å². The molecule has 0 saturated carbocycles. The third-order valence-corrected chi connectivity index (χ3v) is 2.08. The summed E-state index contributed by atoms with van der Waals surface area (Å²) in [4.78, 5) is 0. The maximum Gasteiger partial charge on any atom is 0.414 e. The van der Waals surface area contributed by atoms with Crippen LogP contribution in [0.1, 0.15) is 5.56 Å². The fraction of sp³-hybridized carbons (Fsp3) is 0.400. The van der Waals surface area contributed by atoms with Crippen LogP contribution in [0, 0.1) is 0 Å². The van der Waals surface area contributed by atoms with Gasteiger partial charge in [-0.25, -0.2) is 0 Å². The minimum atomic E-state index is -4.70. The molecule has 90 valence electrons. The van der Waals surface area contributed by atoms with E-state index in [1.165, 1.54) is 25.3 Å². The van der Waals surface area contributed by atoms with Gasteiger partial charge in [-0.3, -0.25) is 0 Å². The number of aliphatic hydroxyl groups is 1. The predicted molar refractivity (Wildman–Crippen MR) is 50.4 cm³/mol. The number of phenols is 1. The normalized spacial score (nSPS) is 13.6. The number of phenolic OH excluding ortho intramolecular Hbond substituents is 1. The van der Waals surface area contributed by atoms with Crippen molar-refractivity contribution in [2.75, 3.05) is 7.11 Å². The van der Waals surface area contributed by atoms with E-state index in [9.17, 15) is 18.3 Å². The number of aromatic hydroxyl groups is 1.